The molecule has 0 fully saturated rings. The summed E-state index contributed by atoms with van der Waals surface area (Å²) in [5.74, 6) is 0. The molecule has 0 aliphatic carbocycles. The van der Waals surface area contributed by atoms with Gasteiger partial charge in [-0.15, -0.1) is 0 Å². The Labute approximate surface area is 187 Å². The monoisotopic (exact) mass is 410 g/mol. The first kappa shape index (κ1) is 18.7. The lowest BCUT2D eigenvalue weighted by molar-refractivity contribution is 1.31. The highest BCUT2D eigenvalue weighted by atomic mass is 14.8. The number of nitrogens with zero attached hydrogens (tertiary/aromatic N) is 2. The van der Waals surface area contributed by atoms with Crippen molar-refractivity contribution in [3.63, 3.8) is 0 Å². The van der Waals surface area contributed by atoms with Gasteiger partial charge in [0, 0.05) is 21.9 Å². The van der Waals surface area contributed by atoms with E-state index >= 15 is 0 Å². The van der Waals surface area contributed by atoms with Gasteiger partial charge in [0.25, 0.3) is 0 Å². The van der Waals surface area contributed by atoms with Gasteiger partial charge in [0.15, 0.2) is 0 Å². The molecule has 32 heavy (non-hydrogen) atoms. The molecule has 0 spiro atoms. The van der Waals surface area contributed by atoms with Crippen molar-refractivity contribution in [3.8, 4) is 22.5 Å². The third kappa shape index (κ3) is 2.96. The van der Waals surface area contributed by atoms with Crippen LogP contribution in [-0.2, 0) is 0 Å². The molecule has 6 rings (SSSR count). The number of aromatic nitrogens is 2. The van der Waals surface area contributed by atoms with Gasteiger partial charge in [0.1, 0.15) is 0 Å². The van der Waals surface area contributed by atoms with Crippen molar-refractivity contribution >= 4 is 32.6 Å². The zero-order valence-electron chi connectivity index (χ0n) is 18.1. The molecule has 2 nitrogen and oxygen atoms in total. The normalized spacial score (nSPS) is 11.4. The van der Waals surface area contributed by atoms with Gasteiger partial charge in [-0.2, -0.15) is 0 Å². The molecule has 0 amide bonds. The summed E-state index contributed by atoms with van der Waals surface area (Å²) in [6, 6.07) is 34.0. The zero-order chi connectivity index (χ0) is 21.7. The number of rotatable bonds is 2. The molecule has 6 aromatic rings. The summed E-state index contributed by atoms with van der Waals surface area (Å²) in [5.41, 5.74) is 8.38. The zero-order valence-corrected chi connectivity index (χ0v) is 18.1. The smallest absolute Gasteiger partial charge is 0.0979 e. The van der Waals surface area contributed by atoms with Crippen molar-refractivity contribution in [2.75, 3.05) is 0 Å². The number of fused-ring (bicyclic) bond motifs is 6. The van der Waals surface area contributed by atoms with Crippen LogP contribution in [0.3, 0.4) is 0 Å². The number of benzene rings is 5. The lowest BCUT2D eigenvalue weighted by atomic mass is 9.95. The van der Waals surface area contributed by atoms with E-state index in [0.717, 1.165) is 44.3 Å². The van der Waals surface area contributed by atoms with Crippen LogP contribution in [0.5, 0.6) is 0 Å². The Morgan fingerprint density at radius 3 is 1.25 bits per heavy atom. The summed E-state index contributed by atoms with van der Waals surface area (Å²) in [6.07, 6.45) is 0. The third-order valence-corrected chi connectivity index (χ3v) is 6.14. The van der Waals surface area contributed by atoms with Crippen molar-refractivity contribution in [1.82, 2.24) is 9.97 Å². The summed E-state index contributed by atoms with van der Waals surface area (Å²) in [7, 11) is 0. The summed E-state index contributed by atoms with van der Waals surface area (Å²) in [5, 5.41) is 4.76. The molecule has 0 N–H and O–H groups in total. The fourth-order valence-electron chi connectivity index (χ4n) is 4.58. The van der Waals surface area contributed by atoms with E-state index in [2.05, 4.69) is 98.8 Å². The van der Waals surface area contributed by atoms with Crippen LogP contribution >= 0.6 is 0 Å². The van der Waals surface area contributed by atoms with Crippen molar-refractivity contribution in [2.24, 2.45) is 0 Å². The van der Waals surface area contributed by atoms with E-state index in [-0.39, 0.29) is 0 Å². The van der Waals surface area contributed by atoms with Gasteiger partial charge in [-0.3, -0.25) is 0 Å². The summed E-state index contributed by atoms with van der Waals surface area (Å²) < 4.78 is 0. The van der Waals surface area contributed by atoms with Gasteiger partial charge in [-0.05, 0) is 24.6 Å². The van der Waals surface area contributed by atoms with Crippen molar-refractivity contribution < 1.29 is 0 Å². The Balaban J connectivity index is 1.83. The lowest BCUT2D eigenvalue weighted by Gasteiger charge is -2.15. The van der Waals surface area contributed by atoms with Gasteiger partial charge in [0.2, 0.25) is 0 Å². The molecule has 0 saturated carbocycles. The van der Waals surface area contributed by atoms with Crippen molar-refractivity contribution in [3.05, 3.63) is 108 Å². The second-order valence-electron chi connectivity index (χ2n) is 8.45. The molecule has 0 atom stereocenters. The van der Waals surface area contributed by atoms with Gasteiger partial charge < -0.3 is 0 Å². The largest absolute Gasteiger partial charge is 0.243 e. The Morgan fingerprint density at radius 1 is 0.438 bits per heavy atom. The van der Waals surface area contributed by atoms with E-state index in [1.807, 2.05) is 12.1 Å². The van der Waals surface area contributed by atoms with Crippen LogP contribution in [0.15, 0.2) is 97.1 Å². The maximum absolute atomic E-state index is 5.29. The minimum absolute atomic E-state index is 0.914. The highest BCUT2D eigenvalue weighted by Crippen LogP contribution is 2.38. The van der Waals surface area contributed by atoms with Gasteiger partial charge >= 0.3 is 0 Å². The molecular weight excluding hydrogens is 388 g/mol. The Bertz CT molecular complexity index is 1490. The van der Waals surface area contributed by atoms with Gasteiger partial charge in [-0.1, -0.05) is 108 Å². The molecule has 0 aliphatic rings. The number of aryl methyl sites for hydroxylation is 2. The average molecular weight is 411 g/mol. The van der Waals surface area contributed by atoms with E-state index < -0.39 is 0 Å². The van der Waals surface area contributed by atoms with Crippen LogP contribution in [0.4, 0.5) is 0 Å². The molecule has 0 saturated heterocycles. The highest BCUT2D eigenvalue weighted by molar-refractivity contribution is 6.23. The molecule has 0 aliphatic heterocycles. The third-order valence-electron chi connectivity index (χ3n) is 6.14. The van der Waals surface area contributed by atoms with E-state index in [1.54, 1.807) is 0 Å². The highest BCUT2D eigenvalue weighted by Gasteiger charge is 2.17. The predicted molar refractivity (Wildman–Crippen MR) is 135 cm³/mol. The molecule has 152 valence electrons. The van der Waals surface area contributed by atoms with Crippen LogP contribution < -0.4 is 0 Å². The molecule has 1 aromatic heterocycles. The van der Waals surface area contributed by atoms with Crippen LogP contribution in [0.2, 0.25) is 0 Å². The number of hydrogen-bond donors (Lipinski definition) is 0. The minimum atomic E-state index is 0.914. The standard InChI is InChI=1S/C30H22N2/c1-19-13-15-23-25(17-19)26-18-20(2)14-16-24(26)30-29(23)31-27(21-9-5-3-6-10-21)28(32-30)22-11-7-4-8-12-22/h3-18H,1-2H3. The van der Waals surface area contributed by atoms with Gasteiger partial charge in [-0.25, -0.2) is 9.97 Å². The molecule has 5 aromatic carbocycles. The van der Waals surface area contributed by atoms with Crippen molar-refractivity contribution in [1.29, 1.82) is 0 Å². The second-order valence-corrected chi connectivity index (χ2v) is 8.45. The fraction of sp³-hybridized carbons (Fsp3) is 0.0667. The topological polar surface area (TPSA) is 25.8 Å². The second kappa shape index (κ2) is 7.28. The van der Waals surface area contributed by atoms with Crippen LogP contribution in [0.1, 0.15) is 11.1 Å². The van der Waals surface area contributed by atoms with E-state index in [4.69, 9.17) is 9.97 Å². The predicted octanol–water partition coefficient (Wildman–Crippen LogP) is 7.89. The summed E-state index contributed by atoms with van der Waals surface area (Å²) >= 11 is 0. The summed E-state index contributed by atoms with van der Waals surface area (Å²) in [6.45, 7) is 4.29. The van der Waals surface area contributed by atoms with Crippen LogP contribution in [-0.4, -0.2) is 9.97 Å². The molecule has 1 heterocycles. The maximum atomic E-state index is 5.29. The fourth-order valence-corrected chi connectivity index (χ4v) is 4.58. The van der Waals surface area contributed by atoms with Crippen LogP contribution in [0.25, 0.3) is 55.1 Å². The SMILES string of the molecule is Cc1ccc2c(c1)c1cc(C)ccc1c1nc(-c3ccccc3)c(-c3ccccc3)nc21. The Kier molecular flexibility index (Phi) is 4.26. The molecule has 0 bridgehead atoms. The number of hydrogen-bond acceptors (Lipinski definition) is 2. The first-order valence-electron chi connectivity index (χ1n) is 10.9. The van der Waals surface area contributed by atoms with Crippen LogP contribution in [0, 0.1) is 13.8 Å². The Hall–Kier alpha value is -4.04. The first-order chi connectivity index (χ1) is 15.7. The minimum Gasteiger partial charge on any atom is -0.243 e. The quantitative estimate of drug-likeness (QED) is 0.271. The molecule has 2 heteroatoms. The maximum Gasteiger partial charge on any atom is 0.0979 e. The molecule has 0 unspecified atom stereocenters. The first-order valence-corrected chi connectivity index (χ1v) is 10.9. The molecular formula is C30H22N2. The average Bonchev–Trinajstić information content (AvgIpc) is 2.84. The van der Waals surface area contributed by atoms with E-state index in [0.29, 0.717) is 0 Å². The Morgan fingerprint density at radius 2 is 0.844 bits per heavy atom. The molecule has 0 radical (unpaired) electrons. The lowest BCUT2D eigenvalue weighted by Crippen LogP contribution is -1.97. The van der Waals surface area contributed by atoms with Crippen molar-refractivity contribution in [2.45, 2.75) is 13.8 Å². The van der Waals surface area contributed by atoms with Gasteiger partial charge in [0.05, 0.1) is 22.4 Å². The summed E-state index contributed by atoms with van der Waals surface area (Å²) in [4.78, 5) is 10.6. The van der Waals surface area contributed by atoms with E-state index in [9.17, 15) is 0 Å². The van der Waals surface area contributed by atoms with E-state index in [1.165, 1.54) is 21.9 Å².